The lowest BCUT2D eigenvalue weighted by atomic mass is 10.0. The highest BCUT2D eigenvalue weighted by molar-refractivity contribution is 5.79. The van der Waals surface area contributed by atoms with Gasteiger partial charge in [0.2, 0.25) is 0 Å². The van der Waals surface area contributed by atoms with E-state index in [0.29, 0.717) is 17.8 Å². The zero-order valence-electron chi connectivity index (χ0n) is 18.2. The molecule has 0 unspecified atom stereocenters. The van der Waals surface area contributed by atoms with Crippen molar-refractivity contribution in [3.8, 4) is 0 Å². The number of nitrogens with one attached hydrogen (secondary N) is 1. The number of hydrogen-bond donors (Lipinski definition) is 2. The van der Waals surface area contributed by atoms with E-state index in [1.807, 2.05) is 63.2 Å². The molecule has 1 aliphatic heterocycles. The number of amides is 2. The van der Waals surface area contributed by atoms with E-state index < -0.39 is 11.6 Å². The molecule has 9 heteroatoms. The molecule has 0 radical (unpaired) electrons. The highest BCUT2D eigenvalue weighted by atomic mass is 16.6. The SMILES string of the molecule is CCOC(=O)n1nc(N)c2c1C(C)(C)N(C(=O)N[C@H](CN(C)C)c1ccccc1)C2. The van der Waals surface area contributed by atoms with Crippen LogP contribution in [0.3, 0.4) is 0 Å². The molecule has 1 aromatic carbocycles. The first-order valence-electron chi connectivity index (χ1n) is 9.99. The van der Waals surface area contributed by atoms with E-state index in [4.69, 9.17) is 10.5 Å². The minimum Gasteiger partial charge on any atom is -0.448 e. The Hall–Kier alpha value is -3.07. The second kappa shape index (κ2) is 8.35. The van der Waals surface area contributed by atoms with Crippen LogP contribution in [0.25, 0.3) is 0 Å². The molecule has 2 aromatic rings. The van der Waals surface area contributed by atoms with Crippen molar-refractivity contribution in [2.75, 3.05) is 33.0 Å². The highest BCUT2D eigenvalue weighted by Gasteiger charge is 2.46. The number of benzene rings is 1. The van der Waals surface area contributed by atoms with Crippen LogP contribution in [0.1, 0.15) is 43.6 Å². The molecule has 162 valence electrons. The summed E-state index contributed by atoms with van der Waals surface area (Å²) in [6, 6.07) is 9.42. The largest absolute Gasteiger partial charge is 0.448 e. The lowest BCUT2D eigenvalue weighted by Gasteiger charge is -2.34. The molecule has 0 saturated carbocycles. The average molecular weight is 415 g/mol. The van der Waals surface area contributed by atoms with Crippen LogP contribution in [0.2, 0.25) is 0 Å². The second-order valence-electron chi connectivity index (χ2n) is 8.14. The molecule has 1 aromatic heterocycles. The van der Waals surface area contributed by atoms with Crippen molar-refractivity contribution in [2.24, 2.45) is 0 Å². The van der Waals surface area contributed by atoms with Crippen molar-refractivity contribution in [2.45, 2.75) is 38.9 Å². The summed E-state index contributed by atoms with van der Waals surface area (Å²) < 4.78 is 6.28. The van der Waals surface area contributed by atoms with Gasteiger partial charge in [-0.05, 0) is 40.4 Å². The predicted octanol–water partition coefficient (Wildman–Crippen LogP) is 2.53. The molecule has 1 atom stereocenters. The third-order valence-electron chi connectivity index (χ3n) is 5.32. The minimum absolute atomic E-state index is 0.188. The Morgan fingerprint density at radius 1 is 1.30 bits per heavy atom. The number of nitrogen functional groups attached to an aromatic ring is 1. The molecule has 0 saturated heterocycles. The Labute approximate surface area is 176 Å². The number of aromatic nitrogens is 2. The summed E-state index contributed by atoms with van der Waals surface area (Å²) >= 11 is 0. The van der Waals surface area contributed by atoms with E-state index in [9.17, 15) is 9.59 Å². The van der Waals surface area contributed by atoms with Gasteiger partial charge < -0.3 is 25.6 Å². The zero-order valence-corrected chi connectivity index (χ0v) is 18.2. The molecule has 3 N–H and O–H groups in total. The first kappa shape index (κ1) is 21.6. The fourth-order valence-corrected chi connectivity index (χ4v) is 3.89. The topological polar surface area (TPSA) is 106 Å². The van der Waals surface area contributed by atoms with Crippen molar-refractivity contribution >= 4 is 17.9 Å². The fraction of sp³-hybridized carbons (Fsp3) is 0.476. The number of carbonyl (C=O) groups excluding carboxylic acids is 2. The van der Waals surface area contributed by atoms with Crippen LogP contribution in [0, 0.1) is 0 Å². The number of rotatable bonds is 5. The van der Waals surface area contributed by atoms with Crippen LogP contribution in [0.15, 0.2) is 30.3 Å². The van der Waals surface area contributed by atoms with E-state index >= 15 is 0 Å². The van der Waals surface area contributed by atoms with Crippen molar-refractivity contribution < 1.29 is 14.3 Å². The number of nitrogens with zero attached hydrogens (tertiary/aromatic N) is 4. The standard InChI is InChI=1S/C21H30N6O3/c1-6-30-20(29)27-17-15(18(22)24-27)12-26(21(17,2)3)19(28)23-16(13-25(4)5)14-10-8-7-9-11-14/h7-11,16H,6,12-13H2,1-5H3,(H2,22,24)(H,23,28)/t16-/m1/s1. The van der Waals surface area contributed by atoms with Crippen LogP contribution in [0.5, 0.6) is 0 Å². The summed E-state index contributed by atoms with van der Waals surface area (Å²) in [7, 11) is 3.93. The van der Waals surface area contributed by atoms with Crippen LogP contribution in [-0.4, -0.2) is 59.0 Å². The van der Waals surface area contributed by atoms with Gasteiger partial charge in [0.15, 0.2) is 5.82 Å². The van der Waals surface area contributed by atoms with Crippen molar-refractivity contribution in [1.29, 1.82) is 0 Å². The van der Waals surface area contributed by atoms with Gasteiger partial charge in [0.05, 0.1) is 30.4 Å². The lowest BCUT2D eigenvalue weighted by molar-refractivity contribution is 0.127. The molecule has 1 aliphatic rings. The number of nitrogens with two attached hydrogens (primary N) is 1. The summed E-state index contributed by atoms with van der Waals surface area (Å²) in [5.41, 5.74) is 7.54. The Bertz CT molecular complexity index is 922. The lowest BCUT2D eigenvalue weighted by Crippen LogP contribution is -2.49. The fourth-order valence-electron chi connectivity index (χ4n) is 3.89. The number of likely N-dealkylation sites (N-methyl/N-ethyl adjacent to an activating group) is 1. The molecule has 0 aliphatic carbocycles. The molecule has 9 nitrogen and oxygen atoms in total. The first-order valence-corrected chi connectivity index (χ1v) is 9.99. The summed E-state index contributed by atoms with van der Waals surface area (Å²) in [5.74, 6) is 0.231. The minimum atomic E-state index is -0.795. The van der Waals surface area contributed by atoms with Gasteiger partial charge in [0.25, 0.3) is 0 Å². The summed E-state index contributed by atoms with van der Waals surface area (Å²) in [6.45, 7) is 6.61. The smallest absolute Gasteiger partial charge is 0.435 e. The number of anilines is 1. The van der Waals surface area contributed by atoms with Crippen molar-refractivity contribution in [3.63, 3.8) is 0 Å². The Balaban J connectivity index is 1.87. The maximum Gasteiger partial charge on any atom is 0.435 e. The van der Waals surface area contributed by atoms with E-state index in [1.165, 1.54) is 4.68 Å². The molecular weight excluding hydrogens is 384 g/mol. The van der Waals surface area contributed by atoms with Gasteiger partial charge >= 0.3 is 12.1 Å². The van der Waals surface area contributed by atoms with Gasteiger partial charge in [-0.2, -0.15) is 4.68 Å². The van der Waals surface area contributed by atoms with E-state index in [-0.39, 0.29) is 31.0 Å². The third-order valence-corrected chi connectivity index (χ3v) is 5.32. The summed E-state index contributed by atoms with van der Waals surface area (Å²) in [6.07, 6.45) is -0.601. The molecule has 3 rings (SSSR count). The number of hydrogen-bond acceptors (Lipinski definition) is 6. The predicted molar refractivity (Wildman–Crippen MR) is 114 cm³/mol. The third kappa shape index (κ3) is 3.97. The quantitative estimate of drug-likeness (QED) is 0.779. The van der Waals surface area contributed by atoms with Crippen molar-refractivity contribution in [1.82, 2.24) is 24.9 Å². The second-order valence-corrected chi connectivity index (χ2v) is 8.14. The van der Waals surface area contributed by atoms with Crippen LogP contribution < -0.4 is 11.1 Å². The Morgan fingerprint density at radius 2 is 1.97 bits per heavy atom. The van der Waals surface area contributed by atoms with Gasteiger partial charge in [-0.15, -0.1) is 5.10 Å². The van der Waals surface area contributed by atoms with Gasteiger partial charge in [-0.25, -0.2) is 9.59 Å². The van der Waals surface area contributed by atoms with Gasteiger partial charge in [0.1, 0.15) is 0 Å². The average Bonchev–Trinajstić information content (AvgIpc) is 3.16. The molecular formula is C21H30N6O3. The summed E-state index contributed by atoms with van der Waals surface area (Å²) in [5, 5.41) is 7.28. The normalized spacial score (nSPS) is 15.7. The summed E-state index contributed by atoms with van der Waals surface area (Å²) in [4.78, 5) is 29.4. The number of fused-ring (bicyclic) bond motifs is 1. The van der Waals surface area contributed by atoms with Gasteiger partial charge in [-0.3, -0.25) is 0 Å². The highest BCUT2D eigenvalue weighted by Crippen LogP contribution is 2.41. The molecule has 0 fully saturated rings. The molecule has 0 bridgehead atoms. The molecule has 0 spiro atoms. The molecule has 2 heterocycles. The van der Waals surface area contributed by atoms with Crippen LogP contribution >= 0.6 is 0 Å². The van der Waals surface area contributed by atoms with Crippen LogP contribution in [0.4, 0.5) is 15.4 Å². The van der Waals surface area contributed by atoms with Gasteiger partial charge in [-0.1, -0.05) is 30.3 Å². The number of carbonyl (C=O) groups is 2. The van der Waals surface area contributed by atoms with Crippen molar-refractivity contribution in [3.05, 3.63) is 47.2 Å². The van der Waals surface area contributed by atoms with E-state index in [0.717, 1.165) is 5.56 Å². The van der Waals surface area contributed by atoms with Gasteiger partial charge in [0, 0.05) is 12.1 Å². The van der Waals surface area contributed by atoms with E-state index in [1.54, 1.807) is 11.8 Å². The van der Waals surface area contributed by atoms with Crippen LogP contribution in [-0.2, 0) is 16.8 Å². The molecule has 30 heavy (non-hydrogen) atoms. The number of ether oxygens (including phenoxy) is 1. The zero-order chi connectivity index (χ0) is 22.1. The Kier molecular flexibility index (Phi) is 6.02. The maximum absolute atomic E-state index is 13.3. The number of urea groups is 1. The first-order chi connectivity index (χ1) is 14.2. The monoisotopic (exact) mass is 414 g/mol. The van der Waals surface area contributed by atoms with E-state index in [2.05, 4.69) is 10.4 Å². The Morgan fingerprint density at radius 3 is 2.57 bits per heavy atom. The maximum atomic E-state index is 13.3. The molecule has 2 amide bonds.